The molecule has 0 atom stereocenters. The zero-order valence-electron chi connectivity index (χ0n) is 9.47. The topological polar surface area (TPSA) is 51.5 Å². The van der Waals surface area contributed by atoms with Crippen molar-refractivity contribution in [2.75, 3.05) is 12.4 Å². The van der Waals surface area contributed by atoms with Crippen LogP contribution in [0, 0.1) is 0 Å². The molecule has 0 bridgehead atoms. The van der Waals surface area contributed by atoms with E-state index in [0.29, 0.717) is 12.1 Å². The number of hydrogen-bond donors (Lipinski definition) is 1. The molecule has 88 valence electrons. The first-order valence-corrected chi connectivity index (χ1v) is 5.23. The maximum Gasteiger partial charge on any atom is 0.339 e. The van der Waals surface area contributed by atoms with E-state index in [1.807, 2.05) is 18.2 Å². The summed E-state index contributed by atoms with van der Waals surface area (Å²) in [5, 5.41) is 3.17. The maximum atomic E-state index is 11.5. The summed E-state index contributed by atoms with van der Waals surface area (Å²) >= 11 is 0. The molecule has 0 spiro atoms. The smallest absolute Gasteiger partial charge is 0.339 e. The number of carbonyl (C=O) groups excluding carboxylic acids is 1. The van der Waals surface area contributed by atoms with Crippen LogP contribution < -0.4 is 5.32 Å². The van der Waals surface area contributed by atoms with E-state index in [-0.39, 0.29) is 5.97 Å². The highest BCUT2D eigenvalue weighted by atomic mass is 16.5. The Kier molecular flexibility index (Phi) is 3.45. The third-order valence-corrected chi connectivity index (χ3v) is 2.40. The largest absolute Gasteiger partial charge is 0.472 e. The van der Waals surface area contributed by atoms with Crippen molar-refractivity contribution in [2.45, 2.75) is 6.54 Å². The lowest BCUT2D eigenvalue weighted by Crippen LogP contribution is -2.07. The number of ether oxygens (including phenoxy) is 1. The Hall–Kier alpha value is -2.23. The number of benzene rings is 1. The van der Waals surface area contributed by atoms with Crippen molar-refractivity contribution < 1.29 is 13.9 Å². The van der Waals surface area contributed by atoms with E-state index in [0.717, 1.165) is 11.3 Å². The Morgan fingerprint density at radius 1 is 1.35 bits per heavy atom. The second-order valence-electron chi connectivity index (χ2n) is 3.52. The van der Waals surface area contributed by atoms with Crippen LogP contribution in [0.5, 0.6) is 0 Å². The molecular weight excluding hydrogens is 218 g/mol. The minimum atomic E-state index is -0.347. The van der Waals surface area contributed by atoms with Crippen LogP contribution in [0.2, 0.25) is 0 Å². The molecule has 1 aromatic heterocycles. The van der Waals surface area contributed by atoms with Crippen molar-refractivity contribution in [3.8, 4) is 0 Å². The van der Waals surface area contributed by atoms with E-state index in [1.54, 1.807) is 24.7 Å². The van der Waals surface area contributed by atoms with Crippen LogP contribution in [0.4, 0.5) is 5.69 Å². The molecular formula is C13H13NO3. The number of para-hydroxylation sites is 1. The molecule has 0 saturated carbocycles. The van der Waals surface area contributed by atoms with E-state index < -0.39 is 0 Å². The highest BCUT2D eigenvalue weighted by molar-refractivity contribution is 5.95. The molecule has 0 radical (unpaired) electrons. The van der Waals surface area contributed by atoms with Gasteiger partial charge < -0.3 is 14.5 Å². The first-order chi connectivity index (χ1) is 8.31. The van der Waals surface area contributed by atoms with E-state index in [2.05, 4.69) is 5.32 Å². The highest BCUT2D eigenvalue weighted by Crippen LogP contribution is 2.17. The van der Waals surface area contributed by atoms with Gasteiger partial charge in [-0.2, -0.15) is 0 Å². The van der Waals surface area contributed by atoms with Gasteiger partial charge in [0.05, 0.1) is 25.2 Å². The van der Waals surface area contributed by atoms with Crippen molar-refractivity contribution in [1.29, 1.82) is 0 Å². The zero-order chi connectivity index (χ0) is 12.1. The summed E-state index contributed by atoms with van der Waals surface area (Å²) in [7, 11) is 1.37. The summed E-state index contributed by atoms with van der Waals surface area (Å²) in [6.07, 6.45) is 3.27. The van der Waals surface area contributed by atoms with Gasteiger partial charge in [0.2, 0.25) is 0 Å². The summed E-state index contributed by atoms with van der Waals surface area (Å²) in [6.45, 7) is 0.602. The predicted octanol–water partition coefficient (Wildman–Crippen LogP) is 2.68. The summed E-state index contributed by atoms with van der Waals surface area (Å²) < 4.78 is 9.69. The zero-order valence-corrected chi connectivity index (χ0v) is 9.47. The van der Waals surface area contributed by atoms with Gasteiger partial charge in [0.15, 0.2) is 0 Å². The summed E-state index contributed by atoms with van der Waals surface area (Å²) in [5.74, 6) is -0.347. The second-order valence-corrected chi connectivity index (χ2v) is 3.52. The van der Waals surface area contributed by atoms with Gasteiger partial charge in [-0.1, -0.05) is 12.1 Å². The van der Waals surface area contributed by atoms with Crippen LogP contribution in [0.15, 0.2) is 47.3 Å². The van der Waals surface area contributed by atoms with Crippen molar-refractivity contribution in [2.24, 2.45) is 0 Å². The average molecular weight is 231 g/mol. The van der Waals surface area contributed by atoms with Crippen LogP contribution in [0.25, 0.3) is 0 Å². The average Bonchev–Trinajstić information content (AvgIpc) is 2.89. The van der Waals surface area contributed by atoms with Gasteiger partial charge in [-0.3, -0.25) is 0 Å². The molecule has 0 aliphatic rings. The molecule has 4 nitrogen and oxygen atoms in total. The first-order valence-electron chi connectivity index (χ1n) is 5.23. The maximum absolute atomic E-state index is 11.5. The van der Waals surface area contributed by atoms with Gasteiger partial charge in [-0.25, -0.2) is 4.79 Å². The fourth-order valence-corrected chi connectivity index (χ4v) is 1.52. The minimum absolute atomic E-state index is 0.347. The van der Waals surface area contributed by atoms with Gasteiger partial charge in [0.25, 0.3) is 0 Å². The van der Waals surface area contributed by atoms with Crippen LogP contribution in [0.1, 0.15) is 15.9 Å². The van der Waals surface area contributed by atoms with Gasteiger partial charge in [0, 0.05) is 17.8 Å². The fourth-order valence-electron chi connectivity index (χ4n) is 1.52. The van der Waals surface area contributed by atoms with Crippen molar-refractivity contribution >= 4 is 11.7 Å². The van der Waals surface area contributed by atoms with Crippen LogP contribution in [-0.4, -0.2) is 13.1 Å². The van der Waals surface area contributed by atoms with Gasteiger partial charge in [-0.05, 0) is 18.2 Å². The first kappa shape index (κ1) is 11.3. The number of carbonyl (C=O) groups is 1. The molecule has 1 heterocycles. The van der Waals surface area contributed by atoms with Crippen molar-refractivity contribution in [3.05, 3.63) is 54.0 Å². The monoisotopic (exact) mass is 231 g/mol. The third-order valence-electron chi connectivity index (χ3n) is 2.40. The van der Waals surface area contributed by atoms with Gasteiger partial charge >= 0.3 is 5.97 Å². The van der Waals surface area contributed by atoms with Gasteiger partial charge in [-0.15, -0.1) is 0 Å². The molecule has 0 saturated heterocycles. The lowest BCUT2D eigenvalue weighted by molar-refractivity contribution is 0.0602. The van der Waals surface area contributed by atoms with E-state index in [1.165, 1.54) is 7.11 Å². The lowest BCUT2D eigenvalue weighted by atomic mass is 10.1. The quantitative estimate of drug-likeness (QED) is 0.822. The molecule has 4 heteroatoms. The summed E-state index contributed by atoms with van der Waals surface area (Å²) in [5.41, 5.74) is 2.30. The molecule has 0 fully saturated rings. The van der Waals surface area contributed by atoms with Crippen LogP contribution in [0.3, 0.4) is 0 Å². The number of furan rings is 1. The molecule has 2 rings (SSSR count). The van der Waals surface area contributed by atoms with E-state index >= 15 is 0 Å². The normalized spacial score (nSPS) is 9.94. The molecule has 17 heavy (non-hydrogen) atoms. The molecule has 0 aliphatic heterocycles. The molecule has 0 aliphatic carbocycles. The number of hydrogen-bond acceptors (Lipinski definition) is 4. The number of nitrogens with one attached hydrogen (secondary N) is 1. The molecule has 1 N–H and O–H groups in total. The molecule has 0 unspecified atom stereocenters. The minimum Gasteiger partial charge on any atom is -0.472 e. The van der Waals surface area contributed by atoms with Crippen LogP contribution in [-0.2, 0) is 11.3 Å². The predicted molar refractivity (Wildman–Crippen MR) is 63.8 cm³/mol. The Bertz CT molecular complexity index is 491. The summed E-state index contributed by atoms with van der Waals surface area (Å²) in [4.78, 5) is 11.5. The number of anilines is 1. The van der Waals surface area contributed by atoms with E-state index in [4.69, 9.17) is 9.15 Å². The Morgan fingerprint density at radius 2 is 2.18 bits per heavy atom. The third kappa shape index (κ3) is 2.66. The molecule has 2 aromatic rings. The Morgan fingerprint density at radius 3 is 2.88 bits per heavy atom. The number of rotatable bonds is 4. The Labute approximate surface area is 99.2 Å². The van der Waals surface area contributed by atoms with Crippen molar-refractivity contribution in [3.63, 3.8) is 0 Å². The molecule has 0 amide bonds. The Balaban J connectivity index is 2.12. The van der Waals surface area contributed by atoms with Crippen LogP contribution >= 0.6 is 0 Å². The number of esters is 1. The molecule has 1 aromatic carbocycles. The van der Waals surface area contributed by atoms with Gasteiger partial charge in [0.1, 0.15) is 0 Å². The second kappa shape index (κ2) is 5.21. The summed E-state index contributed by atoms with van der Waals surface area (Å²) in [6, 6.07) is 9.10. The fraction of sp³-hybridized carbons (Fsp3) is 0.154. The SMILES string of the molecule is COC(=O)c1ccccc1NCc1ccoc1. The number of methoxy groups -OCH3 is 1. The van der Waals surface area contributed by atoms with Crippen molar-refractivity contribution in [1.82, 2.24) is 0 Å². The lowest BCUT2D eigenvalue weighted by Gasteiger charge is -2.09. The standard InChI is InChI=1S/C13H13NO3/c1-16-13(15)11-4-2-3-5-12(11)14-8-10-6-7-17-9-10/h2-7,9,14H,8H2,1H3. The van der Waals surface area contributed by atoms with E-state index in [9.17, 15) is 4.79 Å². The highest BCUT2D eigenvalue weighted by Gasteiger charge is 2.10.